The first kappa shape index (κ1) is 21.3. The van der Waals surface area contributed by atoms with Crippen molar-refractivity contribution in [3.8, 4) is 5.75 Å². The Kier molecular flexibility index (Phi) is 7.18. The normalized spacial score (nSPS) is 19.5. The molecule has 6 nitrogen and oxygen atoms in total. The molecule has 1 saturated carbocycles. The molecule has 1 aromatic carbocycles. The van der Waals surface area contributed by atoms with Gasteiger partial charge in [0.2, 0.25) is 0 Å². The molecular formula is C25H30N2O4. The summed E-state index contributed by atoms with van der Waals surface area (Å²) >= 11 is 0. The molecule has 1 atom stereocenters. The summed E-state index contributed by atoms with van der Waals surface area (Å²) in [5.74, 6) is 0.356. The number of carboxylic acids is 1. The Hall–Kier alpha value is -2.89. The molecule has 4 rings (SSSR count). The first-order chi connectivity index (χ1) is 15.2. The van der Waals surface area contributed by atoms with E-state index in [9.17, 15) is 4.79 Å². The molecule has 0 amide bonds. The second kappa shape index (κ2) is 10.4. The summed E-state index contributed by atoms with van der Waals surface area (Å²) in [4.78, 5) is 21.1. The molecule has 1 fully saturated rings. The molecule has 0 saturated heterocycles. The van der Waals surface area contributed by atoms with E-state index in [1.54, 1.807) is 6.20 Å². The van der Waals surface area contributed by atoms with Gasteiger partial charge in [-0.3, -0.25) is 4.98 Å². The van der Waals surface area contributed by atoms with Crippen LogP contribution in [-0.2, 0) is 16.1 Å². The molecule has 0 bridgehead atoms. The molecule has 2 aliphatic carbocycles. The quantitative estimate of drug-likeness (QED) is 0.480. The molecule has 2 aliphatic rings. The fraction of sp³-hybridized carbons (Fsp3) is 0.480. The number of carbonyl (C=O) groups is 1. The Bertz CT molecular complexity index is 907. The van der Waals surface area contributed by atoms with Crippen LogP contribution in [0.2, 0.25) is 0 Å². The number of fused-ring (bicyclic) bond motifs is 1. The minimum atomic E-state index is -0.965. The second-order valence-corrected chi connectivity index (χ2v) is 8.44. The van der Waals surface area contributed by atoms with Crippen LogP contribution in [0.25, 0.3) is 0 Å². The number of aromatic nitrogens is 1. The molecule has 0 aliphatic heterocycles. The van der Waals surface area contributed by atoms with Crippen molar-refractivity contribution < 1.29 is 19.5 Å². The molecule has 0 spiro atoms. The summed E-state index contributed by atoms with van der Waals surface area (Å²) in [7, 11) is 0. The van der Waals surface area contributed by atoms with Crippen molar-refractivity contribution in [2.45, 2.75) is 57.3 Å². The summed E-state index contributed by atoms with van der Waals surface area (Å²) in [6.45, 7) is 0.184. The maximum absolute atomic E-state index is 10.9. The fourth-order valence-electron chi connectivity index (χ4n) is 4.81. The highest BCUT2D eigenvalue weighted by molar-refractivity contribution is 6.01. The Labute approximate surface area is 183 Å². The summed E-state index contributed by atoms with van der Waals surface area (Å²) in [5.41, 5.74) is 4.35. The van der Waals surface area contributed by atoms with Gasteiger partial charge in [0, 0.05) is 29.8 Å². The van der Waals surface area contributed by atoms with E-state index in [1.165, 1.54) is 24.8 Å². The molecule has 1 heterocycles. The third-order valence-corrected chi connectivity index (χ3v) is 6.33. The van der Waals surface area contributed by atoms with E-state index in [4.69, 9.17) is 14.7 Å². The molecule has 1 N–H and O–H groups in total. The number of hydrogen-bond acceptors (Lipinski definition) is 5. The van der Waals surface area contributed by atoms with E-state index in [-0.39, 0.29) is 12.5 Å². The predicted octanol–water partition coefficient (Wildman–Crippen LogP) is 4.97. The predicted molar refractivity (Wildman–Crippen MR) is 119 cm³/mol. The summed E-state index contributed by atoms with van der Waals surface area (Å²) in [6, 6.07) is 9.89. The van der Waals surface area contributed by atoms with Gasteiger partial charge in [-0.05, 0) is 61.4 Å². The lowest BCUT2D eigenvalue weighted by Crippen LogP contribution is -2.21. The first-order valence-corrected chi connectivity index (χ1v) is 11.3. The first-order valence-electron chi connectivity index (χ1n) is 11.3. The van der Waals surface area contributed by atoms with Crippen LogP contribution in [0.5, 0.6) is 5.75 Å². The van der Waals surface area contributed by atoms with E-state index in [0.717, 1.165) is 48.9 Å². The highest BCUT2D eigenvalue weighted by Gasteiger charge is 2.25. The van der Waals surface area contributed by atoms with Gasteiger partial charge in [-0.25, -0.2) is 4.79 Å². The molecule has 1 unspecified atom stereocenters. The Balaban J connectivity index is 1.49. The highest BCUT2D eigenvalue weighted by atomic mass is 16.6. The van der Waals surface area contributed by atoms with Crippen LogP contribution in [0.3, 0.4) is 0 Å². The van der Waals surface area contributed by atoms with Gasteiger partial charge in [0.15, 0.2) is 6.61 Å². The van der Waals surface area contributed by atoms with Gasteiger partial charge < -0.3 is 14.7 Å². The van der Waals surface area contributed by atoms with Crippen LogP contribution in [-0.4, -0.2) is 35.0 Å². The van der Waals surface area contributed by atoms with Gasteiger partial charge >= 0.3 is 5.97 Å². The minimum Gasteiger partial charge on any atom is -0.482 e. The summed E-state index contributed by atoms with van der Waals surface area (Å²) < 4.78 is 5.52. The number of pyridine rings is 1. The molecule has 1 aromatic heterocycles. The van der Waals surface area contributed by atoms with Crippen LogP contribution in [0, 0.1) is 5.92 Å². The average molecular weight is 423 g/mol. The zero-order chi connectivity index (χ0) is 21.5. The lowest BCUT2D eigenvalue weighted by molar-refractivity contribution is -0.139. The molecule has 164 valence electrons. The molecule has 0 radical (unpaired) electrons. The largest absolute Gasteiger partial charge is 0.482 e. The molecule has 31 heavy (non-hydrogen) atoms. The Morgan fingerprint density at radius 1 is 1.10 bits per heavy atom. The third kappa shape index (κ3) is 5.43. The summed E-state index contributed by atoms with van der Waals surface area (Å²) in [6.07, 6.45) is 12.7. The van der Waals surface area contributed by atoms with Gasteiger partial charge in [0.1, 0.15) is 12.4 Å². The smallest absolute Gasteiger partial charge is 0.341 e. The number of oxime groups is 1. The van der Waals surface area contributed by atoms with Gasteiger partial charge in [-0.2, -0.15) is 0 Å². The topological polar surface area (TPSA) is 81.0 Å². The number of rotatable bonds is 8. The summed E-state index contributed by atoms with van der Waals surface area (Å²) in [5, 5.41) is 13.6. The van der Waals surface area contributed by atoms with Crippen molar-refractivity contribution in [1.29, 1.82) is 0 Å². The van der Waals surface area contributed by atoms with Crippen LogP contribution >= 0.6 is 0 Å². The van der Waals surface area contributed by atoms with E-state index < -0.39 is 5.97 Å². The van der Waals surface area contributed by atoms with Gasteiger partial charge in [-0.15, -0.1) is 0 Å². The van der Waals surface area contributed by atoms with E-state index in [0.29, 0.717) is 18.3 Å². The number of carboxylic acid groups (broad SMARTS) is 1. The lowest BCUT2D eigenvalue weighted by Gasteiger charge is -2.27. The molecule has 6 heteroatoms. The lowest BCUT2D eigenvalue weighted by atomic mass is 9.83. The van der Waals surface area contributed by atoms with Gasteiger partial charge in [-0.1, -0.05) is 36.6 Å². The highest BCUT2D eigenvalue weighted by Crippen LogP contribution is 2.37. The zero-order valence-corrected chi connectivity index (χ0v) is 17.8. The monoisotopic (exact) mass is 422 g/mol. The molecule has 2 aromatic rings. The van der Waals surface area contributed by atoms with Gasteiger partial charge in [0.25, 0.3) is 0 Å². The van der Waals surface area contributed by atoms with Gasteiger partial charge in [0.05, 0.1) is 5.71 Å². The van der Waals surface area contributed by atoms with Crippen molar-refractivity contribution in [2.24, 2.45) is 11.1 Å². The standard InChI is InChI=1S/C25H30N2O4/c28-24(29)17-30-23-13-5-11-21-20(9-4-12-22(21)23)16-31-27-25(18-7-2-1-3-8-18)19-10-6-14-26-15-19/h5-6,10-11,13-15,18,20H,1-4,7-9,12,16-17H2,(H,28,29)/b27-25-. The maximum Gasteiger partial charge on any atom is 0.341 e. The minimum absolute atomic E-state index is 0.224. The number of ether oxygens (including phenoxy) is 1. The van der Waals surface area contributed by atoms with Crippen LogP contribution in [0.4, 0.5) is 0 Å². The van der Waals surface area contributed by atoms with E-state index in [2.05, 4.69) is 22.3 Å². The van der Waals surface area contributed by atoms with Crippen molar-refractivity contribution in [3.05, 3.63) is 59.4 Å². The van der Waals surface area contributed by atoms with Crippen LogP contribution in [0.1, 0.15) is 67.6 Å². The Morgan fingerprint density at radius 3 is 2.74 bits per heavy atom. The van der Waals surface area contributed by atoms with E-state index in [1.807, 2.05) is 24.4 Å². The number of nitrogens with zero attached hydrogens (tertiary/aromatic N) is 2. The van der Waals surface area contributed by atoms with E-state index >= 15 is 0 Å². The third-order valence-electron chi connectivity index (χ3n) is 6.33. The number of benzene rings is 1. The van der Waals surface area contributed by atoms with Crippen LogP contribution in [0.15, 0.2) is 47.9 Å². The Morgan fingerprint density at radius 2 is 1.97 bits per heavy atom. The van der Waals surface area contributed by atoms with Crippen molar-refractivity contribution >= 4 is 11.7 Å². The number of hydrogen-bond donors (Lipinski definition) is 1. The van der Waals surface area contributed by atoms with Crippen molar-refractivity contribution in [2.75, 3.05) is 13.2 Å². The van der Waals surface area contributed by atoms with Crippen molar-refractivity contribution in [1.82, 2.24) is 4.98 Å². The van der Waals surface area contributed by atoms with Crippen molar-refractivity contribution in [3.63, 3.8) is 0 Å². The van der Waals surface area contributed by atoms with Crippen LogP contribution < -0.4 is 4.74 Å². The zero-order valence-electron chi connectivity index (χ0n) is 17.8. The second-order valence-electron chi connectivity index (χ2n) is 8.44. The molecular weight excluding hydrogens is 392 g/mol. The SMILES string of the molecule is O=C(O)COc1cccc2c1CCCC2CO/N=C(\c1cccnc1)C1CCCCC1. The average Bonchev–Trinajstić information content (AvgIpc) is 2.81. The maximum atomic E-state index is 10.9. The fourth-order valence-corrected chi connectivity index (χ4v) is 4.81. The number of aliphatic carboxylic acids is 1.